The van der Waals surface area contributed by atoms with Gasteiger partial charge in [0.15, 0.2) is 0 Å². The Morgan fingerprint density at radius 2 is 1.76 bits per heavy atom. The molecule has 0 heterocycles. The van der Waals surface area contributed by atoms with Gasteiger partial charge in [-0.05, 0) is 37.3 Å². The Bertz CT molecular complexity index is 936. The van der Waals surface area contributed by atoms with E-state index in [1.807, 2.05) is 0 Å². The zero-order valence-electron chi connectivity index (χ0n) is 14.9. The van der Waals surface area contributed by atoms with Crippen LogP contribution in [0.2, 0.25) is 10.0 Å². The summed E-state index contributed by atoms with van der Waals surface area (Å²) in [4.78, 5) is 23.9. The predicted molar refractivity (Wildman–Crippen MR) is 103 cm³/mol. The fraction of sp³-hybridized carbons (Fsp3) is 0.222. The van der Waals surface area contributed by atoms with Crippen molar-refractivity contribution in [1.29, 1.82) is 0 Å². The van der Waals surface area contributed by atoms with Crippen molar-refractivity contribution < 1.29 is 27.2 Å². The molecule has 0 atom stereocenters. The van der Waals surface area contributed by atoms with Crippen LogP contribution in [0.4, 0.5) is 28.9 Å². The Hall–Kier alpha value is -2.52. The number of hydrogen-bond acceptors (Lipinski definition) is 3. The molecule has 2 amide bonds. The molecule has 0 aliphatic rings. The second-order valence-corrected chi connectivity index (χ2v) is 6.80. The van der Waals surface area contributed by atoms with Gasteiger partial charge in [-0.1, -0.05) is 23.2 Å². The van der Waals surface area contributed by atoms with Gasteiger partial charge in [0, 0.05) is 21.8 Å². The number of amides is 2. The summed E-state index contributed by atoms with van der Waals surface area (Å²) < 4.78 is 50.8. The smallest absolute Gasteiger partial charge is 0.376 e. The number of carbonyl (C=O) groups is 2. The molecule has 2 aromatic rings. The highest BCUT2D eigenvalue weighted by Gasteiger charge is 2.28. The molecule has 0 saturated heterocycles. The SMILES string of the molecule is Cc1c(F)cc(C(=O)NCC(F)(F)F)cc1NCC(=O)Nc1cc(Cl)ccc1Cl. The molecule has 5 nitrogen and oxygen atoms in total. The van der Waals surface area contributed by atoms with Crippen LogP contribution in [0.5, 0.6) is 0 Å². The van der Waals surface area contributed by atoms with Crippen molar-refractivity contribution in [2.75, 3.05) is 23.7 Å². The molecule has 0 spiro atoms. The van der Waals surface area contributed by atoms with E-state index >= 15 is 0 Å². The van der Waals surface area contributed by atoms with Gasteiger partial charge in [-0.25, -0.2) is 4.39 Å². The van der Waals surface area contributed by atoms with E-state index in [2.05, 4.69) is 10.6 Å². The Balaban J connectivity index is 2.08. The lowest BCUT2D eigenvalue weighted by Gasteiger charge is -2.14. The molecule has 156 valence electrons. The largest absolute Gasteiger partial charge is 0.405 e. The van der Waals surface area contributed by atoms with Crippen molar-refractivity contribution in [1.82, 2.24) is 5.32 Å². The molecule has 0 fully saturated rings. The van der Waals surface area contributed by atoms with Gasteiger partial charge in [-0.3, -0.25) is 9.59 Å². The highest BCUT2D eigenvalue weighted by atomic mass is 35.5. The summed E-state index contributed by atoms with van der Waals surface area (Å²) in [5.74, 6) is -2.45. The first-order valence-corrected chi connectivity index (χ1v) is 8.86. The van der Waals surface area contributed by atoms with Crippen molar-refractivity contribution in [3.63, 3.8) is 0 Å². The minimum atomic E-state index is -4.60. The van der Waals surface area contributed by atoms with Crippen LogP contribution in [0.3, 0.4) is 0 Å². The molecule has 2 aromatic carbocycles. The van der Waals surface area contributed by atoms with Crippen LogP contribution in [0.15, 0.2) is 30.3 Å². The predicted octanol–water partition coefficient (Wildman–Crippen LogP) is 4.78. The summed E-state index contributed by atoms with van der Waals surface area (Å²) in [5, 5.41) is 7.43. The Morgan fingerprint density at radius 3 is 2.41 bits per heavy atom. The number of alkyl halides is 3. The summed E-state index contributed by atoms with van der Waals surface area (Å²) in [6.45, 7) is -0.482. The van der Waals surface area contributed by atoms with Gasteiger partial charge in [0.2, 0.25) is 5.91 Å². The molecule has 0 aliphatic carbocycles. The maximum atomic E-state index is 14.1. The minimum absolute atomic E-state index is 0.0782. The molecule has 11 heteroatoms. The van der Waals surface area contributed by atoms with Gasteiger partial charge >= 0.3 is 6.18 Å². The van der Waals surface area contributed by atoms with Gasteiger partial charge in [-0.15, -0.1) is 0 Å². The molecule has 3 N–H and O–H groups in total. The lowest BCUT2D eigenvalue weighted by atomic mass is 10.1. The lowest BCUT2D eigenvalue weighted by Crippen LogP contribution is -2.33. The average Bonchev–Trinajstić information content (AvgIpc) is 2.63. The number of rotatable bonds is 6. The van der Waals surface area contributed by atoms with E-state index < -0.39 is 30.4 Å². The molecular weight excluding hydrogens is 437 g/mol. The van der Waals surface area contributed by atoms with Gasteiger partial charge in [-0.2, -0.15) is 13.2 Å². The average molecular weight is 452 g/mol. The number of nitrogens with one attached hydrogen (secondary N) is 3. The highest BCUT2D eigenvalue weighted by molar-refractivity contribution is 6.35. The summed E-state index contributed by atoms with van der Waals surface area (Å²) in [6, 6.07) is 6.45. The second-order valence-electron chi connectivity index (χ2n) is 5.95. The Labute approximate surface area is 173 Å². The van der Waals surface area contributed by atoms with E-state index in [9.17, 15) is 27.2 Å². The molecule has 0 aromatic heterocycles. The van der Waals surface area contributed by atoms with E-state index in [0.717, 1.165) is 12.1 Å². The first-order valence-electron chi connectivity index (χ1n) is 8.10. The molecule has 29 heavy (non-hydrogen) atoms. The van der Waals surface area contributed by atoms with Crippen LogP contribution in [-0.2, 0) is 4.79 Å². The van der Waals surface area contributed by atoms with Crippen LogP contribution in [0, 0.1) is 12.7 Å². The first kappa shape index (κ1) is 22.8. The van der Waals surface area contributed by atoms with Crippen LogP contribution in [0.1, 0.15) is 15.9 Å². The Morgan fingerprint density at radius 1 is 1.07 bits per heavy atom. The number of hydrogen-bond donors (Lipinski definition) is 3. The maximum Gasteiger partial charge on any atom is 0.405 e. The maximum absolute atomic E-state index is 14.1. The summed E-state index contributed by atoms with van der Waals surface area (Å²) in [5.41, 5.74) is 0.118. The molecular formula is C18H15Cl2F4N3O2. The first-order chi connectivity index (χ1) is 13.5. The lowest BCUT2D eigenvalue weighted by molar-refractivity contribution is -0.123. The quantitative estimate of drug-likeness (QED) is 0.553. The third-order valence-electron chi connectivity index (χ3n) is 3.70. The van der Waals surface area contributed by atoms with Gasteiger partial charge < -0.3 is 16.0 Å². The van der Waals surface area contributed by atoms with Gasteiger partial charge in [0.1, 0.15) is 12.4 Å². The molecule has 2 rings (SSSR count). The van der Waals surface area contributed by atoms with Crippen LogP contribution >= 0.6 is 23.2 Å². The fourth-order valence-electron chi connectivity index (χ4n) is 2.24. The molecule has 0 radical (unpaired) electrons. The van der Waals surface area contributed by atoms with E-state index in [0.29, 0.717) is 5.02 Å². The normalized spacial score (nSPS) is 11.1. The Kier molecular flexibility index (Phi) is 7.32. The van der Waals surface area contributed by atoms with Crippen molar-refractivity contribution in [2.24, 2.45) is 0 Å². The number of carbonyl (C=O) groups excluding carboxylic acids is 2. The molecule has 0 bridgehead atoms. The van der Waals surface area contributed by atoms with Crippen LogP contribution in [-0.4, -0.2) is 31.1 Å². The number of halogens is 6. The highest BCUT2D eigenvalue weighted by Crippen LogP contribution is 2.25. The van der Waals surface area contributed by atoms with Gasteiger partial charge in [0.25, 0.3) is 5.91 Å². The summed E-state index contributed by atoms with van der Waals surface area (Å²) in [7, 11) is 0. The monoisotopic (exact) mass is 451 g/mol. The minimum Gasteiger partial charge on any atom is -0.376 e. The van der Waals surface area contributed by atoms with E-state index in [1.54, 1.807) is 11.4 Å². The van der Waals surface area contributed by atoms with Crippen LogP contribution < -0.4 is 16.0 Å². The zero-order valence-corrected chi connectivity index (χ0v) is 16.4. The van der Waals surface area contributed by atoms with Crippen LogP contribution in [0.25, 0.3) is 0 Å². The van der Waals surface area contributed by atoms with Crippen molar-refractivity contribution in [2.45, 2.75) is 13.1 Å². The van der Waals surface area contributed by atoms with E-state index in [1.165, 1.54) is 19.1 Å². The second kappa shape index (κ2) is 9.32. The zero-order chi connectivity index (χ0) is 21.8. The van der Waals surface area contributed by atoms with Crippen molar-refractivity contribution in [3.8, 4) is 0 Å². The van der Waals surface area contributed by atoms with E-state index in [4.69, 9.17) is 23.2 Å². The van der Waals surface area contributed by atoms with Crippen molar-refractivity contribution >= 4 is 46.4 Å². The summed E-state index contributed by atoms with van der Waals surface area (Å²) in [6.07, 6.45) is -4.60. The van der Waals surface area contributed by atoms with Crippen molar-refractivity contribution in [3.05, 3.63) is 57.3 Å². The third-order valence-corrected chi connectivity index (χ3v) is 4.26. The topological polar surface area (TPSA) is 70.2 Å². The van der Waals surface area contributed by atoms with E-state index in [-0.39, 0.29) is 34.1 Å². The third kappa shape index (κ3) is 6.79. The standard InChI is InChI=1S/C18H15Cl2F4N3O2/c1-9-13(21)4-10(17(29)26-8-18(22,23)24)5-14(9)25-7-16(28)27-15-6-11(19)2-3-12(15)20/h2-6,25H,7-8H2,1H3,(H,26,29)(H,27,28). The fourth-order valence-corrected chi connectivity index (χ4v) is 2.58. The summed E-state index contributed by atoms with van der Waals surface area (Å²) >= 11 is 11.8. The molecule has 0 saturated carbocycles. The molecule has 0 aliphatic heterocycles. The molecule has 0 unspecified atom stereocenters. The number of benzene rings is 2. The van der Waals surface area contributed by atoms with Gasteiger partial charge in [0.05, 0.1) is 17.3 Å². The number of anilines is 2.